The van der Waals surface area contributed by atoms with Gasteiger partial charge in [0, 0.05) is 35.0 Å². The van der Waals surface area contributed by atoms with Crippen molar-refractivity contribution in [3.05, 3.63) is 69.7 Å². The Balaban J connectivity index is 1.76. The molecule has 0 spiro atoms. The van der Waals surface area contributed by atoms with Crippen LogP contribution in [0.3, 0.4) is 0 Å². The van der Waals surface area contributed by atoms with Crippen LogP contribution in [0.2, 0.25) is 10.0 Å². The quantitative estimate of drug-likeness (QED) is 0.357. The van der Waals surface area contributed by atoms with E-state index in [0.717, 1.165) is 11.1 Å². The lowest BCUT2D eigenvalue weighted by atomic mass is 9.63. The molecule has 4 rings (SSSR count). The molecule has 1 saturated heterocycles. The van der Waals surface area contributed by atoms with Crippen molar-refractivity contribution in [3.8, 4) is 0 Å². The number of sulfonamides is 1. The molecule has 1 saturated carbocycles. The molecular formula is C29H36Cl2N2O5S. The highest BCUT2D eigenvalue weighted by Gasteiger charge is 2.51. The van der Waals surface area contributed by atoms with Gasteiger partial charge in [-0.2, -0.15) is 4.31 Å². The van der Waals surface area contributed by atoms with E-state index in [9.17, 15) is 23.1 Å². The van der Waals surface area contributed by atoms with E-state index in [4.69, 9.17) is 23.2 Å². The monoisotopic (exact) mass is 594 g/mol. The lowest BCUT2D eigenvalue weighted by Crippen LogP contribution is -2.56. The van der Waals surface area contributed by atoms with Gasteiger partial charge in [0.25, 0.3) is 0 Å². The topological polar surface area (TPSA) is 104 Å². The molecule has 212 valence electrons. The highest BCUT2D eigenvalue weighted by molar-refractivity contribution is 7.90. The van der Waals surface area contributed by atoms with Crippen LogP contribution in [-0.4, -0.2) is 48.0 Å². The zero-order valence-corrected chi connectivity index (χ0v) is 24.9. The number of carboxylic acid groups (broad SMARTS) is 1. The minimum absolute atomic E-state index is 0.212. The molecule has 39 heavy (non-hydrogen) atoms. The van der Waals surface area contributed by atoms with E-state index in [-0.39, 0.29) is 35.5 Å². The third-order valence-electron chi connectivity index (χ3n) is 8.66. The van der Waals surface area contributed by atoms with Gasteiger partial charge in [-0.1, -0.05) is 68.2 Å². The maximum atomic E-state index is 13.5. The number of hydrogen-bond donors (Lipinski definition) is 2. The molecule has 2 N–H and O–H groups in total. The SMILES string of the molecule is CC([C@@H]1NC(=O)[C@@H](CC(=O)O)C[C@@H]1c1cccc(Cl)c1)C(C)(C)[C@@H](c1ccc(Cl)cc1)N(C)S(=O)(=O)C1CC1. The van der Waals surface area contributed by atoms with Crippen molar-refractivity contribution in [2.45, 2.75) is 69.7 Å². The van der Waals surface area contributed by atoms with E-state index in [1.165, 1.54) is 4.31 Å². The van der Waals surface area contributed by atoms with Gasteiger partial charge in [0.15, 0.2) is 0 Å². The number of carbonyl (C=O) groups is 2. The summed E-state index contributed by atoms with van der Waals surface area (Å²) in [4.78, 5) is 24.7. The molecule has 0 radical (unpaired) electrons. The fraction of sp³-hybridized carbons (Fsp3) is 0.517. The summed E-state index contributed by atoms with van der Waals surface area (Å²) >= 11 is 12.5. The zero-order chi connectivity index (χ0) is 28.7. The number of rotatable bonds is 10. The molecule has 1 unspecified atom stereocenters. The smallest absolute Gasteiger partial charge is 0.304 e. The molecule has 0 bridgehead atoms. The highest BCUT2D eigenvalue weighted by Crippen LogP contribution is 2.50. The summed E-state index contributed by atoms with van der Waals surface area (Å²) in [6, 6.07) is 13.7. The van der Waals surface area contributed by atoms with Crippen LogP contribution in [0.1, 0.15) is 69.5 Å². The lowest BCUT2D eigenvalue weighted by molar-refractivity contribution is -0.143. The second kappa shape index (κ2) is 11.4. The number of nitrogens with zero attached hydrogens (tertiary/aromatic N) is 1. The van der Waals surface area contributed by atoms with Crippen molar-refractivity contribution in [3.63, 3.8) is 0 Å². The number of hydrogen-bond acceptors (Lipinski definition) is 4. The third-order valence-corrected chi connectivity index (χ3v) is 11.5. The minimum Gasteiger partial charge on any atom is -0.481 e. The van der Waals surface area contributed by atoms with Crippen LogP contribution in [0.25, 0.3) is 0 Å². The first-order valence-electron chi connectivity index (χ1n) is 13.2. The fourth-order valence-electron chi connectivity index (χ4n) is 6.10. The van der Waals surface area contributed by atoms with E-state index in [0.29, 0.717) is 29.3 Å². The molecule has 1 amide bonds. The normalized spacial score (nSPS) is 23.8. The van der Waals surface area contributed by atoms with E-state index in [1.54, 1.807) is 25.2 Å². The van der Waals surface area contributed by atoms with Gasteiger partial charge in [0.2, 0.25) is 15.9 Å². The maximum Gasteiger partial charge on any atom is 0.304 e. The number of halogens is 2. The molecule has 7 nitrogen and oxygen atoms in total. The molecule has 1 aliphatic carbocycles. The summed E-state index contributed by atoms with van der Waals surface area (Å²) < 4.78 is 28.5. The van der Waals surface area contributed by atoms with Crippen LogP contribution >= 0.6 is 23.2 Å². The predicted molar refractivity (Wildman–Crippen MR) is 153 cm³/mol. The van der Waals surface area contributed by atoms with E-state index in [1.807, 2.05) is 51.1 Å². The van der Waals surface area contributed by atoms with Gasteiger partial charge in [-0.05, 0) is 66.0 Å². The van der Waals surface area contributed by atoms with Gasteiger partial charge in [-0.25, -0.2) is 8.42 Å². The first kappa shape index (κ1) is 29.8. The Morgan fingerprint density at radius 3 is 2.33 bits per heavy atom. The predicted octanol–water partition coefficient (Wildman–Crippen LogP) is 5.88. The number of carboxylic acids is 1. The summed E-state index contributed by atoms with van der Waals surface area (Å²) in [5.74, 6) is -2.44. The maximum absolute atomic E-state index is 13.5. The summed E-state index contributed by atoms with van der Waals surface area (Å²) in [7, 11) is -1.91. The van der Waals surface area contributed by atoms with Gasteiger partial charge in [-0.15, -0.1) is 0 Å². The Hall–Kier alpha value is -2.13. The molecule has 5 atom stereocenters. The van der Waals surface area contributed by atoms with Crippen LogP contribution in [0.4, 0.5) is 0 Å². The minimum atomic E-state index is -3.54. The average molecular weight is 596 g/mol. The van der Waals surface area contributed by atoms with Gasteiger partial charge < -0.3 is 10.4 Å². The van der Waals surface area contributed by atoms with Crippen LogP contribution in [0.5, 0.6) is 0 Å². The van der Waals surface area contributed by atoms with Gasteiger partial charge in [0.05, 0.1) is 17.7 Å². The van der Waals surface area contributed by atoms with Crippen molar-refractivity contribution >= 4 is 45.1 Å². The highest BCUT2D eigenvalue weighted by atomic mass is 35.5. The van der Waals surface area contributed by atoms with Gasteiger partial charge >= 0.3 is 5.97 Å². The second-order valence-electron chi connectivity index (χ2n) is 11.6. The molecule has 2 fully saturated rings. The number of amides is 1. The number of piperidine rings is 1. The van der Waals surface area contributed by atoms with E-state index < -0.39 is 33.4 Å². The molecule has 2 aliphatic rings. The van der Waals surface area contributed by atoms with Crippen LogP contribution in [-0.2, 0) is 19.6 Å². The Morgan fingerprint density at radius 1 is 1.13 bits per heavy atom. The first-order chi connectivity index (χ1) is 18.2. The zero-order valence-electron chi connectivity index (χ0n) is 22.6. The summed E-state index contributed by atoms with van der Waals surface area (Å²) in [6.07, 6.45) is 1.39. The third kappa shape index (κ3) is 6.29. The Kier molecular flexibility index (Phi) is 8.72. The van der Waals surface area contributed by atoms with Crippen molar-refractivity contribution in [2.24, 2.45) is 17.3 Å². The van der Waals surface area contributed by atoms with Gasteiger partial charge in [0.1, 0.15) is 0 Å². The molecule has 1 heterocycles. The molecule has 0 aromatic heterocycles. The first-order valence-corrected chi connectivity index (χ1v) is 15.5. The van der Waals surface area contributed by atoms with Crippen molar-refractivity contribution in [1.82, 2.24) is 9.62 Å². The summed E-state index contributed by atoms with van der Waals surface area (Å²) in [5.41, 5.74) is 1.06. The average Bonchev–Trinajstić information content (AvgIpc) is 3.72. The number of benzene rings is 2. The molecule has 1 aliphatic heterocycles. The molecule has 2 aromatic carbocycles. The van der Waals surface area contributed by atoms with Crippen LogP contribution in [0.15, 0.2) is 48.5 Å². The Labute approximate surface area is 240 Å². The van der Waals surface area contributed by atoms with E-state index in [2.05, 4.69) is 5.32 Å². The van der Waals surface area contributed by atoms with Crippen molar-refractivity contribution < 1.29 is 23.1 Å². The Morgan fingerprint density at radius 2 is 1.77 bits per heavy atom. The number of aliphatic carboxylic acids is 1. The summed E-state index contributed by atoms with van der Waals surface area (Å²) in [6.45, 7) is 6.08. The van der Waals surface area contributed by atoms with Crippen molar-refractivity contribution in [1.29, 1.82) is 0 Å². The summed E-state index contributed by atoms with van der Waals surface area (Å²) in [5, 5.41) is 13.3. The largest absolute Gasteiger partial charge is 0.481 e. The number of nitrogens with one attached hydrogen (secondary N) is 1. The molecule has 10 heteroatoms. The molecular weight excluding hydrogens is 559 g/mol. The molecule has 2 aromatic rings. The van der Waals surface area contributed by atoms with Crippen LogP contribution in [0, 0.1) is 17.3 Å². The fourth-order valence-corrected chi connectivity index (χ4v) is 8.31. The van der Waals surface area contributed by atoms with Crippen LogP contribution < -0.4 is 5.32 Å². The standard InChI is InChI=1S/C29H36Cl2N2O5S/c1-17(26-24(19-6-5-7-22(31)14-19)15-20(16-25(34)35)28(36)32-26)29(2,3)27(18-8-10-21(30)11-9-18)33(4)39(37,38)23-12-13-23/h5-11,14,17,20,23-24,26-27H,12-13,15-16H2,1-4H3,(H,32,36)(H,34,35)/t17?,20-,24-,26+,27-/m1/s1. The Bertz CT molecular complexity index is 1330. The van der Waals surface area contributed by atoms with Gasteiger partial charge in [-0.3, -0.25) is 9.59 Å². The lowest BCUT2D eigenvalue weighted by Gasteiger charge is -2.50. The second-order valence-corrected chi connectivity index (χ2v) is 14.7. The number of carbonyl (C=O) groups excluding carboxylic acids is 1. The van der Waals surface area contributed by atoms with E-state index >= 15 is 0 Å². The van der Waals surface area contributed by atoms with Crippen molar-refractivity contribution in [2.75, 3.05) is 7.05 Å².